The monoisotopic (exact) mass is 317 g/mol. The highest BCUT2D eigenvalue weighted by atomic mass is 31.1. The van der Waals surface area contributed by atoms with Crippen LogP contribution in [-0.2, 0) is 0 Å². The van der Waals surface area contributed by atoms with Crippen molar-refractivity contribution in [1.29, 1.82) is 0 Å². The molecule has 2 heteroatoms. The van der Waals surface area contributed by atoms with Crippen molar-refractivity contribution in [3.05, 3.63) is 89.5 Å². The maximum Gasteiger partial charge on any atom is 0.00866 e. The summed E-state index contributed by atoms with van der Waals surface area (Å²) in [4.78, 5) is 0. The number of rotatable bonds is 3. The summed E-state index contributed by atoms with van der Waals surface area (Å²) in [7, 11) is 0.721. The molecule has 0 radical (unpaired) electrons. The van der Waals surface area contributed by atoms with Crippen molar-refractivity contribution in [3.8, 4) is 11.1 Å². The predicted molar refractivity (Wildman–Crippen MR) is 98.5 cm³/mol. The van der Waals surface area contributed by atoms with Gasteiger partial charge in [0.25, 0.3) is 0 Å². The van der Waals surface area contributed by atoms with Crippen LogP contribution in [0.3, 0.4) is 0 Å². The average Bonchev–Trinajstić information content (AvgIpc) is 2.56. The molecule has 0 atom stereocenters. The fourth-order valence-electron chi connectivity index (χ4n) is 2.75. The fraction of sp³-hybridized carbons (Fsp3) is 0.0952. The standard InChI is InChI=1S/C21H19OP/c1-15-9-8-10-16(2)20(15)21(22)23-19-14-7-6-13-18(19)17-11-4-3-5-12-17/h3-14,22H,1-2H3/p-1. The van der Waals surface area contributed by atoms with Gasteiger partial charge in [0.1, 0.15) is 0 Å². The zero-order valence-corrected chi connectivity index (χ0v) is 14.2. The van der Waals surface area contributed by atoms with E-state index in [4.69, 9.17) is 0 Å². The van der Waals surface area contributed by atoms with Crippen molar-refractivity contribution < 1.29 is 5.11 Å². The van der Waals surface area contributed by atoms with E-state index in [2.05, 4.69) is 18.2 Å². The number of hydrogen-bond donors (Lipinski definition) is 0. The number of aryl methyl sites for hydroxylation is 2. The van der Waals surface area contributed by atoms with Crippen LogP contribution in [0, 0.1) is 13.8 Å². The molecule has 0 N–H and O–H groups in total. The Morgan fingerprint density at radius 3 is 2.04 bits per heavy atom. The van der Waals surface area contributed by atoms with E-state index >= 15 is 0 Å². The summed E-state index contributed by atoms with van der Waals surface area (Å²) in [5.41, 5.74) is 5.35. The van der Waals surface area contributed by atoms with E-state index in [1.165, 1.54) is 0 Å². The van der Waals surface area contributed by atoms with Crippen molar-refractivity contribution in [3.63, 3.8) is 0 Å². The van der Waals surface area contributed by atoms with E-state index in [1.54, 1.807) is 0 Å². The lowest BCUT2D eigenvalue weighted by molar-refractivity contribution is -0.207. The van der Waals surface area contributed by atoms with Gasteiger partial charge in [-0.15, -0.1) is 5.48 Å². The number of hydrogen-bond acceptors (Lipinski definition) is 1. The van der Waals surface area contributed by atoms with Gasteiger partial charge >= 0.3 is 0 Å². The van der Waals surface area contributed by atoms with E-state index in [1.807, 2.05) is 68.4 Å². The minimum Gasteiger partial charge on any atom is -0.823 e. The van der Waals surface area contributed by atoms with E-state index in [-0.39, 0.29) is 5.48 Å². The Morgan fingerprint density at radius 1 is 0.739 bits per heavy atom. The SMILES string of the molecule is Cc1cccc(C)c1C([O-])=Pc1ccccc1-c1ccccc1. The first-order valence-corrected chi connectivity index (χ1v) is 8.53. The molecule has 0 spiro atoms. The van der Waals surface area contributed by atoms with Crippen molar-refractivity contribution in [2.75, 3.05) is 0 Å². The van der Waals surface area contributed by atoms with E-state index in [0.717, 1.165) is 41.3 Å². The first-order chi connectivity index (χ1) is 11.2. The minimum absolute atomic E-state index is 0.156. The van der Waals surface area contributed by atoms with Gasteiger partial charge in [0, 0.05) is 5.30 Å². The molecule has 3 rings (SSSR count). The van der Waals surface area contributed by atoms with Crippen molar-refractivity contribution in [2.45, 2.75) is 13.8 Å². The van der Waals surface area contributed by atoms with Crippen LogP contribution < -0.4 is 10.4 Å². The van der Waals surface area contributed by atoms with Crippen LogP contribution in [-0.4, -0.2) is 5.48 Å². The van der Waals surface area contributed by atoms with E-state index < -0.39 is 0 Å². The smallest absolute Gasteiger partial charge is 0.00866 e. The second-order valence-electron chi connectivity index (χ2n) is 5.57. The maximum absolute atomic E-state index is 12.8. The molecule has 0 unspecified atom stereocenters. The molecule has 23 heavy (non-hydrogen) atoms. The highest BCUT2D eigenvalue weighted by molar-refractivity contribution is 7.49. The Bertz CT molecular complexity index is 830. The van der Waals surface area contributed by atoms with Gasteiger partial charge in [0.05, 0.1) is 0 Å². The Balaban J connectivity index is 2.10. The zero-order valence-electron chi connectivity index (χ0n) is 13.3. The number of benzene rings is 3. The third kappa shape index (κ3) is 3.42. The summed E-state index contributed by atoms with van der Waals surface area (Å²) in [6, 6.07) is 24.3. The lowest BCUT2D eigenvalue weighted by Gasteiger charge is -2.18. The van der Waals surface area contributed by atoms with Crippen LogP contribution >= 0.6 is 8.20 Å². The van der Waals surface area contributed by atoms with Crippen molar-refractivity contribution in [2.24, 2.45) is 0 Å². The van der Waals surface area contributed by atoms with Gasteiger partial charge in [-0.1, -0.05) is 74.9 Å². The third-order valence-electron chi connectivity index (χ3n) is 3.91. The molecule has 114 valence electrons. The third-order valence-corrected chi connectivity index (χ3v) is 4.96. The molecule has 0 aromatic heterocycles. The topological polar surface area (TPSA) is 23.1 Å². The van der Waals surface area contributed by atoms with Gasteiger partial charge in [-0.2, -0.15) is 0 Å². The Hall–Kier alpha value is -2.21. The first-order valence-electron chi connectivity index (χ1n) is 7.63. The second-order valence-corrected chi connectivity index (χ2v) is 6.68. The summed E-state index contributed by atoms with van der Waals surface area (Å²) >= 11 is 0. The van der Waals surface area contributed by atoms with Crippen molar-refractivity contribution in [1.82, 2.24) is 0 Å². The van der Waals surface area contributed by atoms with Crippen LogP contribution in [0.25, 0.3) is 11.1 Å². The molecule has 0 aliphatic rings. The van der Waals surface area contributed by atoms with Gasteiger partial charge in [0.15, 0.2) is 0 Å². The quantitative estimate of drug-likeness (QED) is 0.668. The molecule has 3 aromatic rings. The summed E-state index contributed by atoms with van der Waals surface area (Å²) in [5.74, 6) is 0. The fourth-order valence-corrected chi connectivity index (χ4v) is 3.92. The summed E-state index contributed by atoms with van der Waals surface area (Å²) < 4.78 is 0. The molecule has 0 bridgehead atoms. The van der Waals surface area contributed by atoms with Crippen LogP contribution in [0.5, 0.6) is 0 Å². The lowest BCUT2D eigenvalue weighted by Crippen LogP contribution is -2.20. The molecule has 0 aliphatic heterocycles. The van der Waals surface area contributed by atoms with Gasteiger partial charge in [-0.05, 0) is 47.7 Å². The molecule has 0 amide bonds. The molecule has 0 fully saturated rings. The van der Waals surface area contributed by atoms with Gasteiger partial charge in [-0.3, -0.25) is 0 Å². The lowest BCUT2D eigenvalue weighted by atomic mass is 10.0. The molecule has 0 saturated carbocycles. The van der Waals surface area contributed by atoms with E-state index in [0.29, 0.717) is 0 Å². The maximum atomic E-state index is 12.8. The molecule has 1 nitrogen and oxygen atoms in total. The molecule has 0 aliphatic carbocycles. The molecule has 0 saturated heterocycles. The summed E-state index contributed by atoms with van der Waals surface area (Å²) in [6.07, 6.45) is 0. The Labute approximate surface area is 139 Å². The predicted octanol–water partition coefficient (Wildman–Crippen LogP) is 4.08. The van der Waals surface area contributed by atoms with Gasteiger partial charge < -0.3 is 5.11 Å². The molecular weight excluding hydrogens is 299 g/mol. The largest absolute Gasteiger partial charge is 0.823 e. The second kappa shape index (κ2) is 6.91. The first kappa shape index (κ1) is 15.7. The molecule has 0 heterocycles. The highest BCUT2D eigenvalue weighted by Gasteiger charge is 2.04. The average molecular weight is 317 g/mol. The van der Waals surface area contributed by atoms with Gasteiger partial charge in [-0.25, -0.2) is 0 Å². The summed E-state index contributed by atoms with van der Waals surface area (Å²) in [5, 5.41) is 13.9. The molecular formula is C21H18OP-. The summed E-state index contributed by atoms with van der Waals surface area (Å²) in [6.45, 7) is 4.00. The molecule has 3 aromatic carbocycles. The highest BCUT2D eigenvalue weighted by Crippen LogP contribution is 2.22. The Morgan fingerprint density at radius 2 is 1.35 bits per heavy atom. The van der Waals surface area contributed by atoms with Crippen LogP contribution in [0.1, 0.15) is 16.7 Å². The minimum atomic E-state index is 0.156. The normalized spacial score (nSPS) is 11.5. The van der Waals surface area contributed by atoms with Crippen LogP contribution in [0.4, 0.5) is 0 Å². The zero-order chi connectivity index (χ0) is 16.2. The van der Waals surface area contributed by atoms with Gasteiger partial charge in [0.2, 0.25) is 0 Å². The van der Waals surface area contributed by atoms with Crippen LogP contribution in [0.2, 0.25) is 0 Å². The van der Waals surface area contributed by atoms with Crippen molar-refractivity contribution >= 4 is 19.0 Å². The van der Waals surface area contributed by atoms with Crippen LogP contribution in [0.15, 0.2) is 72.8 Å². The van der Waals surface area contributed by atoms with E-state index in [9.17, 15) is 5.11 Å². The Kier molecular flexibility index (Phi) is 4.71.